The van der Waals surface area contributed by atoms with Gasteiger partial charge in [0.05, 0.1) is 11.2 Å². The van der Waals surface area contributed by atoms with Crippen molar-refractivity contribution in [3.8, 4) is 5.75 Å². The van der Waals surface area contributed by atoms with Gasteiger partial charge in [0.2, 0.25) is 0 Å². The molecular weight excluding hydrogens is 216 g/mol. The molecule has 0 bridgehead atoms. The van der Waals surface area contributed by atoms with Crippen LogP contribution in [0, 0.1) is 0 Å². The van der Waals surface area contributed by atoms with E-state index >= 15 is 0 Å². The highest BCUT2D eigenvalue weighted by Gasteiger charge is 2.03. The molecule has 2 aromatic rings. The molecular formula is C13H16N2O2. The molecule has 0 aliphatic rings. The number of phenols is 1. The standard InChI is InChI=1S/C10H10N2O.C3H6O/c1-11-8-4-5-9(13)7-3-2-6-12-10(7)8;1-3(2)4/h2-6,11,13H,1H3;1-2H3. The van der Waals surface area contributed by atoms with Crippen molar-refractivity contribution in [3.05, 3.63) is 30.5 Å². The van der Waals surface area contributed by atoms with Crippen molar-refractivity contribution >= 4 is 22.4 Å². The van der Waals surface area contributed by atoms with Gasteiger partial charge in [0.15, 0.2) is 0 Å². The van der Waals surface area contributed by atoms with Gasteiger partial charge in [-0.05, 0) is 38.1 Å². The lowest BCUT2D eigenvalue weighted by atomic mass is 10.2. The molecule has 0 spiro atoms. The minimum absolute atomic E-state index is 0.167. The summed E-state index contributed by atoms with van der Waals surface area (Å²) in [5, 5.41) is 13.3. The predicted octanol–water partition coefficient (Wildman–Crippen LogP) is 2.58. The molecule has 0 atom stereocenters. The number of nitrogens with zero attached hydrogens (tertiary/aromatic N) is 1. The molecule has 0 fully saturated rings. The number of carbonyl (C=O) groups excluding carboxylic acids is 1. The second kappa shape index (κ2) is 5.84. The highest BCUT2D eigenvalue weighted by Crippen LogP contribution is 2.28. The van der Waals surface area contributed by atoms with Gasteiger partial charge < -0.3 is 15.2 Å². The number of rotatable bonds is 1. The Morgan fingerprint density at radius 1 is 1.29 bits per heavy atom. The van der Waals surface area contributed by atoms with Crippen molar-refractivity contribution in [2.75, 3.05) is 12.4 Å². The highest BCUT2D eigenvalue weighted by atomic mass is 16.3. The molecule has 2 rings (SSSR count). The van der Waals surface area contributed by atoms with Gasteiger partial charge in [-0.3, -0.25) is 4.98 Å². The average Bonchev–Trinajstić information content (AvgIpc) is 2.29. The Bertz CT molecular complexity index is 520. The summed E-state index contributed by atoms with van der Waals surface area (Å²) in [4.78, 5) is 13.6. The molecule has 0 unspecified atom stereocenters. The van der Waals surface area contributed by atoms with Gasteiger partial charge in [-0.25, -0.2) is 0 Å². The summed E-state index contributed by atoms with van der Waals surface area (Å²) in [7, 11) is 1.83. The van der Waals surface area contributed by atoms with E-state index < -0.39 is 0 Å². The van der Waals surface area contributed by atoms with Gasteiger partial charge in [0, 0.05) is 18.6 Å². The summed E-state index contributed by atoms with van der Waals surface area (Å²) in [6, 6.07) is 7.13. The monoisotopic (exact) mass is 232 g/mol. The molecule has 90 valence electrons. The quantitative estimate of drug-likeness (QED) is 0.742. The molecule has 0 aliphatic carbocycles. The first-order chi connectivity index (χ1) is 8.06. The summed E-state index contributed by atoms with van der Waals surface area (Å²) in [6.07, 6.45) is 1.71. The van der Waals surface area contributed by atoms with Crippen LogP contribution in [0.2, 0.25) is 0 Å². The second-order valence-corrected chi connectivity index (χ2v) is 3.69. The van der Waals surface area contributed by atoms with Crippen LogP contribution in [0.25, 0.3) is 10.9 Å². The third-order valence-electron chi connectivity index (χ3n) is 2.02. The Kier molecular flexibility index (Phi) is 4.46. The fourth-order valence-electron chi connectivity index (χ4n) is 1.36. The number of aromatic nitrogens is 1. The van der Waals surface area contributed by atoms with Crippen molar-refractivity contribution in [2.45, 2.75) is 13.8 Å². The molecule has 1 aromatic carbocycles. The number of ketones is 1. The van der Waals surface area contributed by atoms with E-state index in [9.17, 15) is 9.90 Å². The van der Waals surface area contributed by atoms with E-state index in [1.54, 1.807) is 12.3 Å². The lowest BCUT2D eigenvalue weighted by molar-refractivity contribution is -0.114. The minimum Gasteiger partial charge on any atom is -0.507 e. The number of hydrogen-bond acceptors (Lipinski definition) is 4. The topological polar surface area (TPSA) is 62.2 Å². The van der Waals surface area contributed by atoms with Crippen LogP contribution in [0.1, 0.15) is 13.8 Å². The number of hydrogen-bond donors (Lipinski definition) is 2. The fraction of sp³-hybridized carbons (Fsp3) is 0.231. The summed E-state index contributed by atoms with van der Waals surface area (Å²) >= 11 is 0. The van der Waals surface area contributed by atoms with Crippen LogP contribution in [-0.4, -0.2) is 22.9 Å². The molecule has 0 aliphatic heterocycles. The SMILES string of the molecule is CC(C)=O.CNc1ccc(O)c2cccnc12. The predicted molar refractivity (Wildman–Crippen MR) is 69.3 cm³/mol. The van der Waals surface area contributed by atoms with Crippen molar-refractivity contribution in [1.82, 2.24) is 4.98 Å². The first kappa shape index (κ1) is 13.0. The number of anilines is 1. The van der Waals surface area contributed by atoms with Crippen LogP contribution in [0.15, 0.2) is 30.5 Å². The van der Waals surface area contributed by atoms with E-state index in [-0.39, 0.29) is 11.5 Å². The van der Waals surface area contributed by atoms with Crippen LogP contribution in [0.3, 0.4) is 0 Å². The number of Topliss-reactive ketones (excluding diaryl/α,β-unsaturated/α-hetero) is 1. The van der Waals surface area contributed by atoms with Crippen LogP contribution in [-0.2, 0) is 4.79 Å². The van der Waals surface area contributed by atoms with E-state index in [1.807, 2.05) is 25.2 Å². The number of pyridine rings is 1. The van der Waals surface area contributed by atoms with E-state index in [2.05, 4.69) is 10.3 Å². The molecule has 0 saturated carbocycles. The van der Waals surface area contributed by atoms with Crippen LogP contribution in [0.4, 0.5) is 5.69 Å². The second-order valence-electron chi connectivity index (χ2n) is 3.69. The average molecular weight is 232 g/mol. The van der Waals surface area contributed by atoms with Gasteiger partial charge >= 0.3 is 0 Å². The lowest BCUT2D eigenvalue weighted by Crippen LogP contribution is -1.90. The van der Waals surface area contributed by atoms with Crippen LogP contribution in [0.5, 0.6) is 5.75 Å². The van der Waals surface area contributed by atoms with Crippen LogP contribution >= 0.6 is 0 Å². The highest BCUT2D eigenvalue weighted by molar-refractivity contribution is 5.94. The normalized spacial score (nSPS) is 9.35. The Morgan fingerprint density at radius 2 is 1.94 bits per heavy atom. The molecule has 1 heterocycles. The first-order valence-corrected chi connectivity index (χ1v) is 5.28. The molecule has 0 radical (unpaired) electrons. The number of phenolic OH excluding ortho intramolecular Hbond substituents is 1. The first-order valence-electron chi connectivity index (χ1n) is 5.28. The smallest absolute Gasteiger partial charge is 0.126 e. The fourth-order valence-corrected chi connectivity index (χ4v) is 1.36. The molecule has 4 heteroatoms. The maximum Gasteiger partial charge on any atom is 0.126 e. The number of benzene rings is 1. The zero-order valence-corrected chi connectivity index (χ0v) is 10.2. The molecule has 0 amide bonds. The van der Waals surface area contributed by atoms with Crippen molar-refractivity contribution in [2.24, 2.45) is 0 Å². The Hall–Kier alpha value is -2.10. The molecule has 2 N–H and O–H groups in total. The van der Waals surface area contributed by atoms with Gasteiger partial charge in [-0.15, -0.1) is 0 Å². The largest absolute Gasteiger partial charge is 0.507 e. The lowest BCUT2D eigenvalue weighted by Gasteiger charge is -2.05. The molecule has 1 aromatic heterocycles. The number of nitrogens with one attached hydrogen (secondary N) is 1. The maximum atomic E-state index is 9.52. The van der Waals surface area contributed by atoms with E-state index in [0.717, 1.165) is 16.6 Å². The summed E-state index contributed by atoms with van der Waals surface area (Å²) in [5.41, 5.74) is 1.72. The number of fused-ring (bicyclic) bond motifs is 1. The molecule has 4 nitrogen and oxygen atoms in total. The molecule has 17 heavy (non-hydrogen) atoms. The summed E-state index contributed by atoms with van der Waals surface area (Å²) < 4.78 is 0. The van der Waals surface area contributed by atoms with Crippen molar-refractivity contribution in [3.63, 3.8) is 0 Å². The third-order valence-corrected chi connectivity index (χ3v) is 2.02. The van der Waals surface area contributed by atoms with E-state index in [4.69, 9.17) is 0 Å². The Labute approximate surface area is 100 Å². The van der Waals surface area contributed by atoms with E-state index in [1.165, 1.54) is 13.8 Å². The van der Waals surface area contributed by atoms with Gasteiger partial charge in [-0.1, -0.05) is 0 Å². The van der Waals surface area contributed by atoms with Crippen LogP contribution < -0.4 is 5.32 Å². The summed E-state index contributed by atoms with van der Waals surface area (Å²) in [5.74, 6) is 0.433. The number of aromatic hydroxyl groups is 1. The maximum absolute atomic E-state index is 9.52. The Balaban J connectivity index is 0.000000317. The zero-order valence-electron chi connectivity index (χ0n) is 10.2. The number of carbonyl (C=O) groups is 1. The van der Waals surface area contributed by atoms with Crippen molar-refractivity contribution in [1.29, 1.82) is 0 Å². The van der Waals surface area contributed by atoms with Crippen molar-refractivity contribution < 1.29 is 9.90 Å². The summed E-state index contributed by atoms with van der Waals surface area (Å²) in [6.45, 7) is 3.06. The zero-order chi connectivity index (χ0) is 12.8. The Morgan fingerprint density at radius 3 is 2.53 bits per heavy atom. The van der Waals surface area contributed by atoms with E-state index in [0.29, 0.717) is 0 Å². The minimum atomic E-state index is 0.167. The van der Waals surface area contributed by atoms with Gasteiger partial charge in [-0.2, -0.15) is 0 Å². The third kappa shape index (κ3) is 3.45. The molecule has 0 saturated heterocycles. The van der Waals surface area contributed by atoms with Gasteiger partial charge in [0.25, 0.3) is 0 Å². The van der Waals surface area contributed by atoms with Gasteiger partial charge in [0.1, 0.15) is 11.5 Å².